The molecule has 0 saturated heterocycles. The molecule has 1 aromatic carbocycles. The van der Waals surface area contributed by atoms with Gasteiger partial charge in [0, 0.05) is 16.3 Å². The van der Waals surface area contributed by atoms with Crippen LogP contribution in [0.15, 0.2) is 28.7 Å². The lowest BCUT2D eigenvalue weighted by Gasteiger charge is -2.19. The first kappa shape index (κ1) is 12.1. The van der Waals surface area contributed by atoms with Crippen LogP contribution >= 0.6 is 0 Å². The van der Waals surface area contributed by atoms with Crippen molar-refractivity contribution in [3.05, 3.63) is 35.8 Å². The Morgan fingerprint density at radius 1 is 1.12 bits per heavy atom. The second-order valence-corrected chi connectivity index (χ2v) is 5.26. The highest BCUT2D eigenvalue weighted by molar-refractivity contribution is 5.86. The third-order valence-corrected chi connectivity index (χ3v) is 2.70. The molecule has 17 heavy (non-hydrogen) atoms. The fourth-order valence-electron chi connectivity index (χ4n) is 1.82. The van der Waals surface area contributed by atoms with E-state index in [1.165, 1.54) is 0 Å². The molecule has 92 valence electrons. The van der Waals surface area contributed by atoms with Crippen molar-refractivity contribution in [2.45, 2.75) is 39.5 Å². The summed E-state index contributed by atoms with van der Waals surface area (Å²) < 4.78 is 5.70. The molecule has 0 aliphatic heterocycles. The molecule has 0 spiro atoms. The maximum atomic E-state index is 9.26. The number of furan rings is 1. The summed E-state index contributed by atoms with van der Waals surface area (Å²) in [6.45, 7) is 6.96. The Hall–Kier alpha value is -1.32. The Balaban J connectivity index is 2.34. The van der Waals surface area contributed by atoms with Crippen LogP contribution in [0.3, 0.4) is 0 Å². The smallest absolute Gasteiger partial charge is 0.137 e. The molecule has 0 aliphatic carbocycles. The third-order valence-electron chi connectivity index (χ3n) is 2.70. The van der Waals surface area contributed by atoms with Crippen molar-refractivity contribution >= 4 is 10.8 Å². The largest absolute Gasteiger partial charge is 0.461 e. The lowest BCUT2D eigenvalue weighted by molar-refractivity contribution is 0.243. The number of fused-ring (bicyclic) bond motifs is 1. The van der Waals surface area contributed by atoms with E-state index < -0.39 is 0 Å². The zero-order valence-electron chi connectivity index (χ0n) is 10.6. The molecule has 1 aromatic heterocycles. The third kappa shape index (κ3) is 2.68. The first-order valence-electron chi connectivity index (χ1n) is 5.86. The van der Waals surface area contributed by atoms with E-state index in [9.17, 15) is 5.11 Å². The van der Waals surface area contributed by atoms with Gasteiger partial charge in [0.05, 0.1) is 6.54 Å². The highest BCUT2D eigenvalue weighted by Gasteiger charge is 2.14. The van der Waals surface area contributed by atoms with E-state index in [0.717, 1.165) is 16.5 Å². The lowest BCUT2D eigenvalue weighted by Crippen LogP contribution is -2.34. The Bertz CT molecular complexity index is 508. The van der Waals surface area contributed by atoms with Gasteiger partial charge in [-0.15, -0.1) is 0 Å². The monoisotopic (exact) mass is 233 g/mol. The topological polar surface area (TPSA) is 45.4 Å². The molecule has 2 aromatic rings. The molecule has 0 unspecified atom stereocenters. The van der Waals surface area contributed by atoms with E-state index in [1.807, 2.05) is 24.3 Å². The number of nitrogens with one attached hydrogen (secondary N) is 1. The molecule has 0 radical (unpaired) electrons. The van der Waals surface area contributed by atoms with Crippen LogP contribution in [-0.2, 0) is 13.2 Å². The van der Waals surface area contributed by atoms with Gasteiger partial charge in [-0.3, -0.25) is 0 Å². The van der Waals surface area contributed by atoms with Gasteiger partial charge in [-0.1, -0.05) is 24.3 Å². The molecule has 0 atom stereocenters. The normalized spacial score (nSPS) is 12.2. The number of benzene rings is 1. The van der Waals surface area contributed by atoms with Crippen molar-refractivity contribution in [2.24, 2.45) is 0 Å². The first-order chi connectivity index (χ1) is 8.01. The summed E-state index contributed by atoms with van der Waals surface area (Å²) in [5.41, 5.74) is 0.0489. The van der Waals surface area contributed by atoms with Crippen LogP contribution in [0.1, 0.15) is 32.3 Å². The predicted octanol–water partition coefficient (Wildman–Crippen LogP) is 2.81. The maximum absolute atomic E-state index is 9.26. The molecule has 0 saturated carbocycles. The molecule has 0 amide bonds. The van der Waals surface area contributed by atoms with E-state index in [1.54, 1.807) is 0 Å². The van der Waals surface area contributed by atoms with Gasteiger partial charge in [0.1, 0.15) is 18.1 Å². The van der Waals surface area contributed by atoms with Gasteiger partial charge < -0.3 is 14.8 Å². The summed E-state index contributed by atoms with van der Waals surface area (Å²) in [4.78, 5) is 0. The van der Waals surface area contributed by atoms with Crippen molar-refractivity contribution < 1.29 is 9.52 Å². The minimum absolute atomic E-state index is 0.0489. The van der Waals surface area contributed by atoms with Gasteiger partial charge in [0.15, 0.2) is 0 Å². The summed E-state index contributed by atoms with van der Waals surface area (Å²) in [5, 5.41) is 14.7. The summed E-state index contributed by atoms with van der Waals surface area (Å²) in [7, 11) is 0. The van der Waals surface area contributed by atoms with Crippen molar-refractivity contribution in [3.63, 3.8) is 0 Å². The summed E-state index contributed by atoms with van der Waals surface area (Å²) in [5.74, 6) is 1.53. The van der Waals surface area contributed by atoms with E-state index in [-0.39, 0.29) is 12.1 Å². The average molecular weight is 233 g/mol. The fraction of sp³-hybridized carbons (Fsp3) is 0.429. The van der Waals surface area contributed by atoms with Gasteiger partial charge in [0.2, 0.25) is 0 Å². The van der Waals surface area contributed by atoms with Crippen molar-refractivity contribution in [1.29, 1.82) is 0 Å². The van der Waals surface area contributed by atoms with Crippen molar-refractivity contribution in [3.8, 4) is 0 Å². The van der Waals surface area contributed by atoms with E-state index in [0.29, 0.717) is 12.3 Å². The van der Waals surface area contributed by atoms with Crippen LogP contribution in [0.4, 0.5) is 0 Å². The minimum atomic E-state index is -0.0595. The van der Waals surface area contributed by atoms with Crippen molar-refractivity contribution in [1.82, 2.24) is 5.32 Å². The summed E-state index contributed by atoms with van der Waals surface area (Å²) >= 11 is 0. The van der Waals surface area contributed by atoms with Gasteiger partial charge in [0.25, 0.3) is 0 Å². The van der Waals surface area contributed by atoms with Crippen LogP contribution in [0.25, 0.3) is 10.8 Å². The number of hydrogen-bond acceptors (Lipinski definition) is 3. The molecular formula is C14H19NO2. The van der Waals surface area contributed by atoms with E-state index >= 15 is 0 Å². The molecule has 0 fully saturated rings. The van der Waals surface area contributed by atoms with Gasteiger partial charge in [-0.25, -0.2) is 0 Å². The zero-order chi connectivity index (χ0) is 12.5. The molecule has 0 aliphatic rings. The van der Waals surface area contributed by atoms with E-state index in [4.69, 9.17) is 4.42 Å². The quantitative estimate of drug-likeness (QED) is 0.857. The van der Waals surface area contributed by atoms with Crippen LogP contribution in [0.2, 0.25) is 0 Å². The second-order valence-electron chi connectivity index (χ2n) is 5.26. The molecule has 3 nitrogen and oxygen atoms in total. The standard InChI is InChI=1S/C14H19NO2/c1-14(2,3)15-8-12-10-6-4-5-7-11(10)13(9-16)17-12/h4-7,15-16H,8-9H2,1-3H3. The summed E-state index contributed by atoms with van der Waals surface area (Å²) in [6.07, 6.45) is 0. The SMILES string of the molecule is CC(C)(C)NCc1oc(CO)c2ccccc12. The molecular weight excluding hydrogens is 214 g/mol. The molecule has 3 heteroatoms. The van der Waals surface area contributed by atoms with Crippen LogP contribution < -0.4 is 5.32 Å². The Labute approximate surface area is 101 Å². The Kier molecular flexibility index (Phi) is 3.22. The second kappa shape index (κ2) is 4.51. The maximum Gasteiger partial charge on any atom is 0.137 e. The number of hydrogen-bond donors (Lipinski definition) is 2. The number of aliphatic hydroxyl groups excluding tert-OH is 1. The highest BCUT2D eigenvalue weighted by Crippen LogP contribution is 2.26. The molecule has 2 rings (SSSR count). The molecule has 2 N–H and O–H groups in total. The fourth-order valence-corrected chi connectivity index (χ4v) is 1.82. The van der Waals surface area contributed by atoms with Gasteiger partial charge in [-0.05, 0) is 20.8 Å². The van der Waals surface area contributed by atoms with Crippen molar-refractivity contribution in [2.75, 3.05) is 0 Å². The van der Waals surface area contributed by atoms with Crippen LogP contribution in [0.5, 0.6) is 0 Å². The lowest BCUT2D eigenvalue weighted by atomic mass is 10.1. The molecule has 0 bridgehead atoms. The highest BCUT2D eigenvalue weighted by atomic mass is 16.4. The first-order valence-corrected chi connectivity index (χ1v) is 5.86. The van der Waals surface area contributed by atoms with E-state index in [2.05, 4.69) is 26.1 Å². The Morgan fingerprint density at radius 2 is 1.71 bits per heavy atom. The number of rotatable bonds is 3. The zero-order valence-corrected chi connectivity index (χ0v) is 10.6. The minimum Gasteiger partial charge on any atom is -0.461 e. The van der Waals surface area contributed by atoms with Gasteiger partial charge in [-0.2, -0.15) is 0 Å². The average Bonchev–Trinajstić information content (AvgIpc) is 2.64. The van der Waals surface area contributed by atoms with Crippen LogP contribution in [0, 0.1) is 0 Å². The molecule has 1 heterocycles. The predicted molar refractivity (Wildman–Crippen MR) is 68.7 cm³/mol. The summed E-state index contributed by atoms with van der Waals surface area (Å²) in [6, 6.07) is 7.94. The van der Waals surface area contributed by atoms with Crippen LogP contribution in [-0.4, -0.2) is 10.6 Å². The van der Waals surface area contributed by atoms with Gasteiger partial charge >= 0.3 is 0 Å². The number of aliphatic hydroxyl groups is 1. The Morgan fingerprint density at radius 3 is 2.24 bits per heavy atom.